The molecule has 0 N–H and O–H groups in total. The van der Waals surface area contributed by atoms with E-state index in [1.807, 2.05) is 98.8 Å². The summed E-state index contributed by atoms with van der Waals surface area (Å²) in [6.07, 6.45) is -0.778. The first-order chi connectivity index (χ1) is 16.9. The number of imide groups is 1. The molecule has 1 saturated heterocycles. The van der Waals surface area contributed by atoms with Gasteiger partial charge >= 0.3 is 6.09 Å². The van der Waals surface area contributed by atoms with E-state index in [4.69, 9.17) is 14.3 Å². The highest BCUT2D eigenvalue weighted by atomic mass is 16.6. The Labute approximate surface area is 203 Å². The average molecular weight is 471 g/mol. The van der Waals surface area contributed by atoms with Gasteiger partial charge in [0.2, 0.25) is 6.10 Å². The van der Waals surface area contributed by atoms with Gasteiger partial charge in [0.05, 0.1) is 11.8 Å². The Hall–Kier alpha value is -4.13. The van der Waals surface area contributed by atoms with Crippen LogP contribution in [-0.4, -0.2) is 40.4 Å². The van der Waals surface area contributed by atoms with Crippen molar-refractivity contribution < 1.29 is 23.9 Å². The van der Waals surface area contributed by atoms with E-state index >= 15 is 0 Å². The number of oxime groups is 1. The molecule has 2 aliphatic rings. The number of para-hydroxylation sites is 1. The summed E-state index contributed by atoms with van der Waals surface area (Å²) in [5.74, 6) is 1.00. The lowest BCUT2D eigenvalue weighted by atomic mass is 9.91. The topological polar surface area (TPSA) is 77.4 Å². The van der Waals surface area contributed by atoms with Crippen molar-refractivity contribution in [3.8, 4) is 11.5 Å². The summed E-state index contributed by atoms with van der Waals surface area (Å²) in [4.78, 5) is 32.8. The van der Waals surface area contributed by atoms with Crippen LogP contribution in [0.2, 0.25) is 0 Å². The molecule has 3 aromatic rings. The number of rotatable bonds is 6. The van der Waals surface area contributed by atoms with Crippen molar-refractivity contribution in [2.24, 2.45) is 5.16 Å². The lowest BCUT2D eigenvalue weighted by Gasteiger charge is -2.28. The van der Waals surface area contributed by atoms with Crippen molar-refractivity contribution in [3.05, 3.63) is 96.1 Å². The molecule has 0 saturated carbocycles. The molecule has 0 unspecified atom stereocenters. The number of ether oxygens (including phenoxy) is 2. The predicted molar refractivity (Wildman–Crippen MR) is 130 cm³/mol. The van der Waals surface area contributed by atoms with Crippen molar-refractivity contribution >= 4 is 17.7 Å². The second-order valence-corrected chi connectivity index (χ2v) is 9.16. The molecule has 0 spiro atoms. The molecule has 3 aromatic carbocycles. The highest BCUT2D eigenvalue weighted by Gasteiger charge is 2.52. The molecule has 1 fully saturated rings. The number of carbonyl (C=O) groups excluding carboxylic acids is 2. The van der Waals surface area contributed by atoms with E-state index < -0.39 is 29.7 Å². The smallest absolute Gasteiger partial charge is 0.417 e. The summed E-state index contributed by atoms with van der Waals surface area (Å²) in [6.45, 7) is 3.64. The van der Waals surface area contributed by atoms with E-state index in [0.29, 0.717) is 17.9 Å². The van der Waals surface area contributed by atoms with Gasteiger partial charge in [-0.15, -0.1) is 0 Å². The first-order valence-corrected chi connectivity index (χ1v) is 11.6. The van der Waals surface area contributed by atoms with E-state index in [0.717, 1.165) is 16.9 Å². The Morgan fingerprint density at radius 2 is 1.60 bits per heavy atom. The maximum Gasteiger partial charge on any atom is 0.417 e. The normalized spacial score (nSPS) is 20.7. The van der Waals surface area contributed by atoms with Gasteiger partial charge in [-0.2, -0.15) is 0 Å². The molecule has 178 valence electrons. The van der Waals surface area contributed by atoms with Gasteiger partial charge in [0.15, 0.2) is 0 Å². The Kier molecular flexibility index (Phi) is 5.99. The minimum atomic E-state index is -0.884. The number of cyclic esters (lactones) is 1. The minimum Gasteiger partial charge on any atom is -0.457 e. The molecule has 7 nitrogen and oxygen atoms in total. The summed E-state index contributed by atoms with van der Waals surface area (Å²) in [6, 6.07) is 26.2. The lowest BCUT2D eigenvalue weighted by molar-refractivity contribution is -0.140. The third-order valence-corrected chi connectivity index (χ3v) is 6.28. The van der Waals surface area contributed by atoms with Crippen LogP contribution in [0.25, 0.3) is 0 Å². The van der Waals surface area contributed by atoms with Crippen LogP contribution in [0.15, 0.2) is 90.1 Å². The fourth-order valence-electron chi connectivity index (χ4n) is 4.37. The SMILES string of the molecule is CC1(C)OC(=O)N(C(=O)[C@@H]2CC(c3ccc(Oc4ccccc4)cc3)=NO2)[C@H]1Cc1ccccc1. The number of benzene rings is 3. The van der Waals surface area contributed by atoms with E-state index in [2.05, 4.69) is 5.16 Å². The highest BCUT2D eigenvalue weighted by Crippen LogP contribution is 2.34. The van der Waals surface area contributed by atoms with E-state index in [1.54, 1.807) is 0 Å². The van der Waals surface area contributed by atoms with Gasteiger partial charge < -0.3 is 14.3 Å². The molecule has 0 aromatic heterocycles. The molecule has 0 aliphatic carbocycles. The fraction of sp³-hybridized carbons (Fsp3) is 0.250. The molecule has 2 heterocycles. The summed E-state index contributed by atoms with van der Waals surface area (Å²) in [7, 11) is 0. The molecule has 7 heteroatoms. The van der Waals surface area contributed by atoms with Crippen LogP contribution in [0.1, 0.15) is 31.4 Å². The number of nitrogens with zero attached hydrogens (tertiary/aromatic N) is 2. The second kappa shape index (κ2) is 9.25. The van der Waals surface area contributed by atoms with Gasteiger partial charge in [-0.3, -0.25) is 4.79 Å². The molecule has 2 aliphatic heterocycles. The van der Waals surface area contributed by atoms with Gasteiger partial charge in [-0.1, -0.05) is 53.7 Å². The summed E-state index contributed by atoms with van der Waals surface area (Å²) in [5, 5.41) is 4.14. The Balaban J connectivity index is 1.27. The third kappa shape index (κ3) is 4.75. The van der Waals surface area contributed by atoms with E-state index in [-0.39, 0.29) is 6.42 Å². The first-order valence-electron chi connectivity index (χ1n) is 11.6. The van der Waals surface area contributed by atoms with Crippen LogP contribution in [-0.2, 0) is 20.8 Å². The van der Waals surface area contributed by atoms with Crippen LogP contribution in [0.5, 0.6) is 11.5 Å². The predicted octanol–water partition coefficient (Wildman–Crippen LogP) is 5.34. The second-order valence-electron chi connectivity index (χ2n) is 9.16. The quantitative estimate of drug-likeness (QED) is 0.486. The highest BCUT2D eigenvalue weighted by molar-refractivity contribution is 6.06. The Morgan fingerprint density at radius 3 is 2.29 bits per heavy atom. The van der Waals surface area contributed by atoms with Gasteiger partial charge in [0, 0.05) is 6.42 Å². The van der Waals surface area contributed by atoms with Crippen molar-refractivity contribution in [2.75, 3.05) is 0 Å². The minimum absolute atomic E-state index is 0.264. The van der Waals surface area contributed by atoms with Crippen LogP contribution >= 0.6 is 0 Å². The number of carbonyl (C=O) groups is 2. The molecule has 2 amide bonds. The monoisotopic (exact) mass is 470 g/mol. The van der Waals surface area contributed by atoms with Crippen molar-refractivity contribution in [2.45, 2.75) is 44.4 Å². The van der Waals surface area contributed by atoms with Gasteiger partial charge in [0.25, 0.3) is 5.91 Å². The molecule has 0 radical (unpaired) electrons. The maximum atomic E-state index is 13.4. The number of hydrogen-bond donors (Lipinski definition) is 0. The lowest BCUT2D eigenvalue weighted by Crippen LogP contribution is -2.49. The molecule has 5 rings (SSSR count). The molecule has 2 atom stereocenters. The van der Waals surface area contributed by atoms with Crippen LogP contribution < -0.4 is 4.74 Å². The van der Waals surface area contributed by atoms with Gasteiger partial charge in [-0.25, -0.2) is 9.69 Å². The zero-order chi connectivity index (χ0) is 24.4. The summed E-state index contributed by atoms with van der Waals surface area (Å²) < 4.78 is 11.4. The van der Waals surface area contributed by atoms with E-state index in [9.17, 15) is 9.59 Å². The number of hydrogen-bond acceptors (Lipinski definition) is 6. The largest absolute Gasteiger partial charge is 0.457 e. The average Bonchev–Trinajstić information content (AvgIpc) is 3.43. The van der Waals surface area contributed by atoms with Crippen LogP contribution in [0.4, 0.5) is 4.79 Å². The molecule has 0 bridgehead atoms. The number of amides is 2. The maximum absolute atomic E-state index is 13.4. The van der Waals surface area contributed by atoms with Gasteiger partial charge in [0.1, 0.15) is 17.1 Å². The Morgan fingerprint density at radius 1 is 0.971 bits per heavy atom. The fourth-order valence-corrected chi connectivity index (χ4v) is 4.37. The third-order valence-electron chi connectivity index (χ3n) is 6.28. The van der Waals surface area contributed by atoms with Crippen LogP contribution in [0.3, 0.4) is 0 Å². The summed E-state index contributed by atoms with van der Waals surface area (Å²) in [5.41, 5.74) is 1.66. The standard InChI is InChI=1S/C28H26N2O5/c1-28(2)25(17-19-9-5-3-6-10-19)30(27(32)34-28)26(31)24-18-23(29-35-24)20-13-15-22(16-14-20)33-21-11-7-4-8-12-21/h3-16,24-25H,17-18H2,1-2H3/t24-,25-/m0/s1. The summed E-state index contributed by atoms with van der Waals surface area (Å²) >= 11 is 0. The molecular weight excluding hydrogens is 444 g/mol. The molecule has 35 heavy (non-hydrogen) atoms. The zero-order valence-electron chi connectivity index (χ0n) is 19.6. The molecular formula is C28H26N2O5. The van der Waals surface area contributed by atoms with Crippen molar-refractivity contribution in [1.29, 1.82) is 0 Å². The van der Waals surface area contributed by atoms with Crippen molar-refractivity contribution in [1.82, 2.24) is 4.90 Å². The van der Waals surface area contributed by atoms with Crippen LogP contribution in [0, 0.1) is 0 Å². The Bertz CT molecular complexity index is 1240. The van der Waals surface area contributed by atoms with E-state index in [1.165, 1.54) is 4.90 Å². The van der Waals surface area contributed by atoms with Crippen molar-refractivity contribution in [3.63, 3.8) is 0 Å². The van der Waals surface area contributed by atoms with Gasteiger partial charge in [-0.05, 0) is 67.8 Å². The zero-order valence-corrected chi connectivity index (χ0v) is 19.6. The first kappa shape index (κ1) is 22.7.